The molecule has 3 N–H and O–H groups in total. The van der Waals surface area contributed by atoms with Crippen LogP contribution in [0.3, 0.4) is 0 Å². The zero-order valence-corrected chi connectivity index (χ0v) is 13.4. The highest BCUT2D eigenvalue weighted by atomic mass is 79.9. The molecule has 20 heavy (non-hydrogen) atoms. The van der Waals surface area contributed by atoms with Crippen molar-refractivity contribution in [2.75, 3.05) is 25.0 Å². The first-order valence-corrected chi connectivity index (χ1v) is 7.91. The van der Waals surface area contributed by atoms with Gasteiger partial charge in [0.05, 0.1) is 0 Å². The van der Waals surface area contributed by atoms with Gasteiger partial charge in [0.15, 0.2) is 0 Å². The summed E-state index contributed by atoms with van der Waals surface area (Å²) in [6.45, 7) is 5.11. The fourth-order valence-electron chi connectivity index (χ4n) is 2.78. The largest absolute Gasteiger partial charge is 0.371 e. The van der Waals surface area contributed by atoms with E-state index in [9.17, 15) is 4.79 Å². The number of hydrogen-bond donors (Lipinski definition) is 2. The third kappa shape index (κ3) is 3.52. The molecule has 110 valence electrons. The third-order valence-corrected chi connectivity index (χ3v) is 4.55. The second-order valence-corrected chi connectivity index (χ2v) is 6.29. The Bertz CT molecular complexity index is 480. The van der Waals surface area contributed by atoms with Gasteiger partial charge in [-0.3, -0.25) is 4.79 Å². The molecule has 0 saturated carbocycles. The minimum Gasteiger partial charge on any atom is -0.371 e. The average molecular weight is 340 g/mol. The SMILES string of the molecule is CCN1CCCC(Nc2cccc(Br)c2)(C(N)=O)CC1. The number of carbonyl (C=O) groups excluding carboxylic acids is 1. The summed E-state index contributed by atoms with van der Waals surface area (Å²) in [6.07, 6.45) is 2.52. The number of anilines is 1. The Morgan fingerprint density at radius 2 is 2.25 bits per heavy atom. The van der Waals surface area contributed by atoms with E-state index in [-0.39, 0.29) is 5.91 Å². The second kappa shape index (κ2) is 6.59. The second-order valence-electron chi connectivity index (χ2n) is 5.37. The summed E-state index contributed by atoms with van der Waals surface area (Å²) in [6, 6.07) is 7.87. The van der Waals surface area contributed by atoms with E-state index in [0.717, 1.165) is 49.1 Å². The lowest BCUT2D eigenvalue weighted by Gasteiger charge is -2.32. The molecule has 4 nitrogen and oxygen atoms in total. The van der Waals surface area contributed by atoms with Crippen molar-refractivity contribution in [1.82, 2.24) is 4.90 Å². The molecule has 1 aromatic carbocycles. The lowest BCUT2D eigenvalue weighted by atomic mass is 9.89. The summed E-state index contributed by atoms with van der Waals surface area (Å²) in [5.41, 5.74) is 6.01. The smallest absolute Gasteiger partial charge is 0.243 e. The Balaban J connectivity index is 2.19. The number of primary amides is 1. The fourth-order valence-corrected chi connectivity index (χ4v) is 3.18. The minimum absolute atomic E-state index is 0.254. The first kappa shape index (κ1) is 15.3. The van der Waals surface area contributed by atoms with E-state index < -0.39 is 5.54 Å². The molecule has 1 aliphatic rings. The molecule has 2 rings (SSSR count). The number of rotatable bonds is 4. The average Bonchev–Trinajstić information content (AvgIpc) is 2.62. The van der Waals surface area contributed by atoms with E-state index in [1.54, 1.807) is 0 Å². The molecule has 1 heterocycles. The van der Waals surface area contributed by atoms with Crippen molar-refractivity contribution in [3.63, 3.8) is 0 Å². The third-order valence-electron chi connectivity index (χ3n) is 4.06. The molecule has 1 aromatic rings. The Morgan fingerprint density at radius 3 is 2.90 bits per heavy atom. The summed E-state index contributed by atoms with van der Waals surface area (Å²) in [5.74, 6) is -0.254. The van der Waals surface area contributed by atoms with Crippen LogP contribution in [0.15, 0.2) is 28.7 Å². The molecule has 5 heteroatoms. The van der Waals surface area contributed by atoms with E-state index in [2.05, 4.69) is 33.1 Å². The van der Waals surface area contributed by atoms with Gasteiger partial charge in [-0.25, -0.2) is 0 Å². The van der Waals surface area contributed by atoms with Crippen LogP contribution in [0.2, 0.25) is 0 Å². The van der Waals surface area contributed by atoms with Crippen molar-refractivity contribution in [3.8, 4) is 0 Å². The lowest BCUT2D eigenvalue weighted by Crippen LogP contribution is -2.51. The van der Waals surface area contributed by atoms with Crippen molar-refractivity contribution in [2.45, 2.75) is 31.7 Å². The van der Waals surface area contributed by atoms with Gasteiger partial charge in [0, 0.05) is 16.7 Å². The van der Waals surface area contributed by atoms with Crippen molar-refractivity contribution in [1.29, 1.82) is 0 Å². The molecule has 0 bridgehead atoms. The lowest BCUT2D eigenvalue weighted by molar-refractivity contribution is -0.122. The first-order chi connectivity index (χ1) is 9.55. The van der Waals surface area contributed by atoms with Gasteiger partial charge in [-0.15, -0.1) is 0 Å². The van der Waals surface area contributed by atoms with Crippen LogP contribution in [-0.2, 0) is 4.79 Å². The van der Waals surface area contributed by atoms with Gasteiger partial charge < -0.3 is 16.0 Å². The Labute approximate surface area is 128 Å². The number of nitrogens with two attached hydrogens (primary N) is 1. The number of hydrogen-bond acceptors (Lipinski definition) is 3. The predicted octanol–water partition coefficient (Wildman–Crippen LogP) is 2.59. The number of likely N-dealkylation sites (tertiary alicyclic amines) is 1. The van der Waals surface area contributed by atoms with Gasteiger partial charge in [0.2, 0.25) is 5.91 Å². The molecule has 1 aliphatic heterocycles. The van der Waals surface area contributed by atoms with Crippen molar-refractivity contribution in [3.05, 3.63) is 28.7 Å². The molecule has 1 fully saturated rings. The van der Waals surface area contributed by atoms with Crippen LogP contribution in [0.1, 0.15) is 26.2 Å². The summed E-state index contributed by atoms with van der Waals surface area (Å²) < 4.78 is 0.992. The summed E-state index contributed by atoms with van der Waals surface area (Å²) in [5, 5.41) is 3.39. The number of benzene rings is 1. The van der Waals surface area contributed by atoms with Crippen molar-refractivity contribution < 1.29 is 4.79 Å². The molecule has 0 radical (unpaired) electrons. The molecule has 1 unspecified atom stereocenters. The van der Waals surface area contributed by atoms with Crippen LogP contribution in [0, 0.1) is 0 Å². The number of nitrogens with one attached hydrogen (secondary N) is 1. The molecular formula is C15H22BrN3O. The molecule has 1 amide bonds. The topological polar surface area (TPSA) is 58.4 Å². The molecule has 0 aromatic heterocycles. The fraction of sp³-hybridized carbons (Fsp3) is 0.533. The Kier molecular flexibility index (Phi) is 5.05. The monoisotopic (exact) mass is 339 g/mol. The van der Waals surface area contributed by atoms with Crippen molar-refractivity contribution in [2.24, 2.45) is 5.73 Å². The molecule has 1 saturated heterocycles. The van der Waals surface area contributed by atoms with E-state index in [1.165, 1.54) is 0 Å². The molecular weight excluding hydrogens is 318 g/mol. The zero-order valence-electron chi connectivity index (χ0n) is 11.9. The standard InChI is InChI=1S/C15H22BrN3O/c1-2-19-9-4-7-15(8-10-19,14(17)20)18-13-6-3-5-12(16)11-13/h3,5-6,11,18H,2,4,7-10H2,1H3,(H2,17,20). The van der Waals surface area contributed by atoms with Gasteiger partial charge in [0.25, 0.3) is 0 Å². The predicted molar refractivity (Wildman–Crippen MR) is 85.7 cm³/mol. The van der Waals surface area contributed by atoms with Crippen LogP contribution >= 0.6 is 15.9 Å². The maximum atomic E-state index is 12.0. The van der Waals surface area contributed by atoms with Gasteiger partial charge in [-0.05, 0) is 50.6 Å². The van der Waals surface area contributed by atoms with E-state index in [4.69, 9.17) is 5.73 Å². The van der Waals surface area contributed by atoms with Gasteiger partial charge >= 0.3 is 0 Å². The quantitative estimate of drug-likeness (QED) is 0.886. The summed E-state index contributed by atoms with van der Waals surface area (Å²) in [7, 11) is 0. The maximum absolute atomic E-state index is 12.0. The minimum atomic E-state index is -0.634. The van der Waals surface area contributed by atoms with Crippen LogP contribution in [0.5, 0.6) is 0 Å². The highest BCUT2D eigenvalue weighted by Crippen LogP contribution is 2.28. The van der Waals surface area contributed by atoms with E-state index in [0.29, 0.717) is 0 Å². The van der Waals surface area contributed by atoms with Gasteiger partial charge in [-0.2, -0.15) is 0 Å². The number of nitrogens with zero attached hydrogens (tertiary/aromatic N) is 1. The van der Waals surface area contributed by atoms with Crippen LogP contribution < -0.4 is 11.1 Å². The summed E-state index contributed by atoms with van der Waals surface area (Å²) >= 11 is 3.45. The first-order valence-electron chi connectivity index (χ1n) is 7.12. The van der Waals surface area contributed by atoms with Crippen molar-refractivity contribution >= 4 is 27.5 Å². The Hall–Kier alpha value is -1.07. The highest BCUT2D eigenvalue weighted by molar-refractivity contribution is 9.10. The molecule has 0 spiro atoms. The number of carbonyl (C=O) groups is 1. The van der Waals surface area contributed by atoms with Crippen LogP contribution in [-0.4, -0.2) is 36.0 Å². The Morgan fingerprint density at radius 1 is 1.45 bits per heavy atom. The van der Waals surface area contributed by atoms with E-state index in [1.807, 2.05) is 24.3 Å². The van der Waals surface area contributed by atoms with Crippen LogP contribution in [0.25, 0.3) is 0 Å². The molecule has 0 aliphatic carbocycles. The molecule has 1 atom stereocenters. The zero-order chi connectivity index (χ0) is 14.6. The van der Waals surface area contributed by atoms with E-state index >= 15 is 0 Å². The highest BCUT2D eigenvalue weighted by Gasteiger charge is 2.37. The normalized spacial score (nSPS) is 24.1. The maximum Gasteiger partial charge on any atom is 0.243 e. The number of halogens is 1. The summed E-state index contributed by atoms with van der Waals surface area (Å²) in [4.78, 5) is 14.4. The number of amides is 1. The van der Waals surface area contributed by atoms with Crippen LogP contribution in [0.4, 0.5) is 5.69 Å². The van der Waals surface area contributed by atoms with Gasteiger partial charge in [-0.1, -0.05) is 28.9 Å². The van der Waals surface area contributed by atoms with Gasteiger partial charge in [0.1, 0.15) is 5.54 Å².